The van der Waals surface area contributed by atoms with Gasteiger partial charge in [-0.25, -0.2) is 4.79 Å². The fraction of sp³-hybridized carbons (Fsp3) is 0.923. The molecular weight excluding hydrogens is 234 g/mol. The van der Waals surface area contributed by atoms with Gasteiger partial charge in [0.05, 0.1) is 13.2 Å². The van der Waals surface area contributed by atoms with Gasteiger partial charge >= 0.3 is 6.09 Å². The van der Waals surface area contributed by atoms with Crippen molar-refractivity contribution in [2.45, 2.75) is 45.8 Å². The summed E-state index contributed by atoms with van der Waals surface area (Å²) >= 11 is 0. The summed E-state index contributed by atoms with van der Waals surface area (Å²) in [7, 11) is 0. The number of carbonyl (C=O) groups excluding carboxylic acids is 1. The first-order chi connectivity index (χ1) is 8.77. The predicted octanol–water partition coefficient (Wildman–Crippen LogP) is 2.40. The van der Waals surface area contributed by atoms with Gasteiger partial charge in [0.25, 0.3) is 0 Å². The molecule has 1 aliphatic heterocycles. The van der Waals surface area contributed by atoms with Crippen molar-refractivity contribution in [2.75, 3.05) is 32.9 Å². The smallest absolute Gasteiger partial charge is 0.409 e. The van der Waals surface area contributed by atoms with Crippen LogP contribution in [0.5, 0.6) is 0 Å². The van der Waals surface area contributed by atoms with Crippen LogP contribution in [0.4, 0.5) is 4.79 Å². The summed E-state index contributed by atoms with van der Waals surface area (Å²) in [5.41, 5.74) is 0. The van der Waals surface area contributed by atoms with Crippen LogP contribution in [0.1, 0.15) is 39.5 Å². The van der Waals surface area contributed by atoms with Crippen molar-refractivity contribution in [1.29, 1.82) is 0 Å². The van der Waals surface area contributed by atoms with Gasteiger partial charge in [-0.3, -0.25) is 0 Å². The average Bonchev–Trinajstić information content (AvgIpc) is 2.86. The molecule has 0 spiro atoms. The van der Waals surface area contributed by atoms with Gasteiger partial charge in [0.1, 0.15) is 0 Å². The molecule has 0 aromatic heterocycles. The fourth-order valence-corrected chi connectivity index (χ4v) is 1.83. The molecular formula is C13H25NO4. The van der Waals surface area contributed by atoms with E-state index in [2.05, 4.69) is 6.92 Å². The molecule has 0 aliphatic carbocycles. The maximum Gasteiger partial charge on any atom is 0.409 e. The van der Waals surface area contributed by atoms with Gasteiger partial charge in [0.2, 0.25) is 0 Å². The summed E-state index contributed by atoms with van der Waals surface area (Å²) in [6.45, 7) is 6.91. The van der Waals surface area contributed by atoms with Gasteiger partial charge in [-0.15, -0.1) is 0 Å². The van der Waals surface area contributed by atoms with Crippen molar-refractivity contribution in [1.82, 2.24) is 4.90 Å². The summed E-state index contributed by atoms with van der Waals surface area (Å²) in [6.07, 6.45) is 3.72. The van der Waals surface area contributed by atoms with E-state index in [0.29, 0.717) is 19.8 Å². The minimum Gasteiger partial charge on any atom is -0.450 e. The molecule has 1 atom stereocenters. The van der Waals surface area contributed by atoms with Crippen LogP contribution in [0.3, 0.4) is 0 Å². The summed E-state index contributed by atoms with van der Waals surface area (Å²) in [6, 6.07) is 0. The first-order valence-corrected chi connectivity index (χ1v) is 6.92. The highest BCUT2D eigenvalue weighted by Gasteiger charge is 2.18. The molecule has 1 heterocycles. The number of amides is 1. The Labute approximate surface area is 109 Å². The minimum absolute atomic E-state index is 0.0831. The lowest BCUT2D eigenvalue weighted by Gasteiger charge is -2.22. The van der Waals surface area contributed by atoms with E-state index in [1.54, 1.807) is 4.90 Å². The third-order valence-electron chi connectivity index (χ3n) is 2.86. The summed E-state index contributed by atoms with van der Waals surface area (Å²) in [4.78, 5) is 13.4. The summed E-state index contributed by atoms with van der Waals surface area (Å²) in [5, 5.41) is 0. The van der Waals surface area contributed by atoms with E-state index in [-0.39, 0.29) is 12.4 Å². The van der Waals surface area contributed by atoms with Crippen LogP contribution >= 0.6 is 0 Å². The third kappa shape index (κ3) is 5.69. The Morgan fingerprint density at radius 1 is 1.39 bits per heavy atom. The quantitative estimate of drug-likeness (QED) is 0.671. The monoisotopic (exact) mass is 259 g/mol. The second-order valence-corrected chi connectivity index (χ2v) is 4.35. The molecule has 1 unspecified atom stereocenters. The van der Waals surface area contributed by atoms with Gasteiger partial charge < -0.3 is 19.1 Å². The van der Waals surface area contributed by atoms with E-state index in [0.717, 1.165) is 38.8 Å². The number of nitrogens with zero attached hydrogens (tertiary/aromatic N) is 1. The molecule has 1 saturated heterocycles. The van der Waals surface area contributed by atoms with E-state index in [9.17, 15) is 4.79 Å². The average molecular weight is 259 g/mol. The fourth-order valence-electron chi connectivity index (χ4n) is 1.83. The molecule has 0 aromatic rings. The van der Waals surface area contributed by atoms with Gasteiger partial charge in [-0.05, 0) is 19.8 Å². The van der Waals surface area contributed by atoms with Gasteiger partial charge in [0, 0.05) is 26.1 Å². The van der Waals surface area contributed by atoms with Crippen LogP contribution in [-0.4, -0.2) is 50.2 Å². The van der Waals surface area contributed by atoms with Crippen molar-refractivity contribution in [3.63, 3.8) is 0 Å². The van der Waals surface area contributed by atoms with E-state index in [4.69, 9.17) is 14.2 Å². The third-order valence-corrected chi connectivity index (χ3v) is 2.86. The Morgan fingerprint density at radius 2 is 2.22 bits per heavy atom. The van der Waals surface area contributed by atoms with Crippen molar-refractivity contribution in [2.24, 2.45) is 0 Å². The molecule has 5 nitrogen and oxygen atoms in total. The summed E-state index contributed by atoms with van der Waals surface area (Å²) < 4.78 is 16.0. The highest BCUT2D eigenvalue weighted by molar-refractivity contribution is 5.67. The highest BCUT2D eigenvalue weighted by Crippen LogP contribution is 2.12. The molecule has 0 radical (unpaired) electrons. The van der Waals surface area contributed by atoms with E-state index >= 15 is 0 Å². The number of hydrogen-bond acceptors (Lipinski definition) is 4. The number of rotatable bonds is 8. The Balaban J connectivity index is 2.23. The van der Waals surface area contributed by atoms with E-state index in [1.807, 2.05) is 6.92 Å². The van der Waals surface area contributed by atoms with Gasteiger partial charge in [0.15, 0.2) is 6.29 Å². The molecule has 0 N–H and O–H groups in total. The molecule has 5 heteroatoms. The molecule has 0 bridgehead atoms. The van der Waals surface area contributed by atoms with Gasteiger partial charge in [-0.1, -0.05) is 13.3 Å². The maximum absolute atomic E-state index is 11.7. The SMILES string of the molecule is CCCCN(CCOC1CCCO1)C(=O)OCC. The number of carbonyl (C=O) groups is 1. The topological polar surface area (TPSA) is 48.0 Å². The zero-order valence-corrected chi connectivity index (χ0v) is 11.5. The summed E-state index contributed by atoms with van der Waals surface area (Å²) in [5.74, 6) is 0. The zero-order valence-electron chi connectivity index (χ0n) is 11.5. The lowest BCUT2D eigenvalue weighted by molar-refractivity contribution is -0.113. The molecule has 1 amide bonds. The first-order valence-electron chi connectivity index (χ1n) is 6.92. The minimum atomic E-state index is -0.248. The van der Waals surface area contributed by atoms with Crippen molar-refractivity contribution in [3.8, 4) is 0 Å². The number of ether oxygens (including phenoxy) is 3. The first kappa shape index (κ1) is 15.2. The molecule has 0 aromatic carbocycles. The van der Waals surface area contributed by atoms with Gasteiger partial charge in [-0.2, -0.15) is 0 Å². The second kappa shape index (κ2) is 9.16. The Kier molecular flexibility index (Phi) is 7.76. The molecule has 106 valence electrons. The standard InChI is InChI=1S/C13H25NO4/c1-3-5-8-14(13(15)16-4-2)9-11-18-12-7-6-10-17-12/h12H,3-11H2,1-2H3. The Morgan fingerprint density at radius 3 is 2.83 bits per heavy atom. The number of hydrogen-bond donors (Lipinski definition) is 0. The maximum atomic E-state index is 11.7. The normalized spacial score (nSPS) is 18.9. The predicted molar refractivity (Wildman–Crippen MR) is 68.4 cm³/mol. The van der Waals surface area contributed by atoms with E-state index < -0.39 is 0 Å². The lowest BCUT2D eigenvalue weighted by atomic mass is 10.3. The molecule has 1 rings (SSSR count). The van der Waals surface area contributed by atoms with Crippen LogP contribution in [0.15, 0.2) is 0 Å². The number of unbranched alkanes of at least 4 members (excludes halogenated alkanes) is 1. The largest absolute Gasteiger partial charge is 0.450 e. The zero-order chi connectivity index (χ0) is 13.2. The Hall–Kier alpha value is -0.810. The van der Waals surface area contributed by atoms with Crippen molar-refractivity contribution in [3.05, 3.63) is 0 Å². The Bertz CT molecular complexity index is 229. The van der Waals surface area contributed by atoms with Crippen LogP contribution in [-0.2, 0) is 14.2 Å². The van der Waals surface area contributed by atoms with Crippen LogP contribution in [0.25, 0.3) is 0 Å². The molecule has 18 heavy (non-hydrogen) atoms. The highest BCUT2D eigenvalue weighted by atomic mass is 16.7. The van der Waals surface area contributed by atoms with Crippen LogP contribution in [0, 0.1) is 0 Å². The van der Waals surface area contributed by atoms with E-state index in [1.165, 1.54) is 0 Å². The van der Waals surface area contributed by atoms with Crippen molar-refractivity contribution >= 4 is 6.09 Å². The molecule has 0 saturated carbocycles. The lowest BCUT2D eigenvalue weighted by Crippen LogP contribution is -2.36. The second-order valence-electron chi connectivity index (χ2n) is 4.35. The van der Waals surface area contributed by atoms with Crippen LogP contribution in [0.2, 0.25) is 0 Å². The van der Waals surface area contributed by atoms with Crippen molar-refractivity contribution < 1.29 is 19.0 Å². The molecule has 1 fully saturated rings. The molecule has 1 aliphatic rings. The van der Waals surface area contributed by atoms with Crippen LogP contribution < -0.4 is 0 Å².